The zero-order chi connectivity index (χ0) is 18.9. The predicted octanol–water partition coefficient (Wildman–Crippen LogP) is 3.43. The van der Waals surface area contributed by atoms with Crippen molar-refractivity contribution in [2.75, 3.05) is 33.9 Å². The second kappa shape index (κ2) is 10.6. The van der Waals surface area contributed by atoms with Crippen molar-refractivity contribution in [2.24, 2.45) is 0 Å². The van der Waals surface area contributed by atoms with Crippen molar-refractivity contribution in [3.8, 4) is 5.75 Å². The molecule has 0 atom stereocenters. The molecule has 0 saturated heterocycles. The molecule has 0 bridgehead atoms. The maximum atomic E-state index is 11.6. The minimum Gasteiger partial charge on any atom is -0.492 e. The van der Waals surface area contributed by atoms with Crippen LogP contribution in [0.5, 0.6) is 5.75 Å². The van der Waals surface area contributed by atoms with Gasteiger partial charge in [0.2, 0.25) is 0 Å². The number of urea groups is 1. The van der Waals surface area contributed by atoms with Crippen LogP contribution in [0.15, 0.2) is 22.7 Å². The van der Waals surface area contributed by atoms with Gasteiger partial charge in [-0.15, -0.1) is 0 Å². The molecule has 2 amide bonds. The molecular weight excluding hydrogens is 388 g/mol. The van der Waals surface area contributed by atoms with Crippen molar-refractivity contribution in [3.05, 3.63) is 28.2 Å². The molecular formula is C18H29BrN2O4. The Balaban J connectivity index is 2.26. The Bertz CT molecular complexity index is 542. The highest BCUT2D eigenvalue weighted by Crippen LogP contribution is 2.31. The van der Waals surface area contributed by atoms with Crippen molar-refractivity contribution >= 4 is 22.0 Å². The van der Waals surface area contributed by atoms with E-state index in [-0.39, 0.29) is 11.4 Å². The van der Waals surface area contributed by atoms with Crippen LogP contribution in [0.3, 0.4) is 0 Å². The number of halogens is 1. The molecule has 0 saturated carbocycles. The molecule has 0 fully saturated rings. The molecule has 1 aromatic carbocycles. The van der Waals surface area contributed by atoms with Crippen LogP contribution >= 0.6 is 15.9 Å². The number of carbonyl (C=O) groups excluding carboxylic acids is 1. The summed E-state index contributed by atoms with van der Waals surface area (Å²) in [6, 6.07) is 5.88. The summed E-state index contributed by atoms with van der Waals surface area (Å²) >= 11 is 3.55. The van der Waals surface area contributed by atoms with E-state index in [2.05, 4.69) is 59.5 Å². The number of ether oxygens (including phenoxy) is 3. The second-order valence-corrected chi connectivity index (χ2v) is 7.49. The first-order valence-corrected chi connectivity index (χ1v) is 9.07. The van der Waals surface area contributed by atoms with Gasteiger partial charge in [0.25, 0.3) is 0 Å². The van der Waals surface area contributed by atoms with Crippen molar-refractivity contribution in [1.82, 2.24) is 10.6 Å². The summed E-state index contributed by atoms with van der Waals surface area (Å²) in [7, 11) is 3.05. The number of carbonyl (C=O) groups is 1. The first-order chi connectivity index (χ1) is 11.8. The normalized spacial score (nSPS) is 11.5. The van der Waals surface area contributed by atoms with E-state index in [4.69, 9.17) is 14.2 Å². The fraction of sp³-hybridized carbons (Fsp3) is 0.611. The third-order valence-electron chi connectivity index (χ3n) is 3.62. The summed E-state index contributed by atoms with van der Waals surface area (Å²) in [4.78, 5) is 11.6. The molecule has 7 heteroatoms. The first kappa shape index (κ1) is 21.7. The van der Waals surface area contributed by atoms with E-state index in [1.165, 1.54) is 19.8 Å². The number of benzene rings is 1. The summed E-state index contributed by atoms with van der Waals surface area (Å²) in [5.74, 6) is 0.806. The molecule has 0 aliphatic carbocycles. The van der Waals surface area contributed by atoms with Crippen LogP contribution in [0.2, 0.25) is 0 Å². The third kappa shape index (κ3) is 8.07. The van der Waals surface area contributed by atoms with E-state index in [1.54, 1.807) is 0 Å². The lowest BCUT2D eigenvalue weighted by Gasteiger charge is -2.20. The predicted molar refractivity (Wildman–Crippen MR) is 102 cm³/mol. The fourth-order valence-corrected chi connectivity index (χ4v) is 2.54. The Morgan fingerprint density at radius 3 is 2.44 bits per heavy atom. The second-order valence-electron chi connectivity index (χ2n) is 6.63. The SMILES string of the molecule is COC(CNC(=O)NCCCOc1ccc(C(C)(C)C)cc1Br)OC. The van der Waals surface area contributed by atoms with E-state index in [1.807, 2.05) is 6.07 Å². The third-order valence-corrected chi connectivity index (χ3v) is 4.24. The summed E-state index contributed by atoms with van der Waals surface area (Å²) in [6.45, 7) is 7.86. The number of methoxy groups -OCH3 is 2. The maximum absolute atomic E-state index is 11.6. The zero-order valence-electron chi connectivity index (χ0n) is 15.6. The van der Waals surface area contributed by atoms with E-state index >= 15 is 0 Å². The summed E-state index contributed by atoms with van der Waals surface area (Å²) in [6.07, 6.45) is 0.265. The Morgan fingerprint density at radius 2 is 1.88 bits per heavy atom. The zero-order valence-corrected chi connectivity index (χ0v) is 17.2. The smallest absolute Gasteiger partial charge is 0.314 e. The average Bonchev–Trinajstić information content (AvgIpc) is 2.55. The molecule has 142 valence electrons. The van der Waals surface area contributed by atoms with Gasteiger partial charge in [0.05, 0.1) is 17.6 Å². The van der Waals surface area contributed by atoms with Crippen LogP contribution in [0.25, 0.3) is 0 Å². The van der Waals surface area contributed by atoms with Crippen LogP contribution in [-0.4, -0.2) is 46.2 Å². The van der Waals surface area contributed by atoms with E-state index in [9.17, 15) is 4.79 Å². The monoisotopic (exact) mass is 416 g/mol. The van der Waals surface area contributed by atoms with Crippen LogP contribution in [0, 0.1) is 0 Å². The largest absolute Gasteiger partial charge is 0.492 e. The van der Waals surface area contributed by atoms with Gasteiger partial charge in [-0.25, -0.2) is 4.79 Å². The lowest BCUT2D eigenvalue weighted by atomic mass is 9.87. The molecule has 0 aromatic heterocycles. The molecule has 0 spiro atoms. The number of rotatable bonds is 9. The van der Waals surface area contributed by atoms with Gasteiger partial charge in [-0.3, -0.25) is 0 Å². The minimum atomic E-state index is -0.442. The van der Waals surface area contributed by atoms with Gasteiger partial charge in [0.15, 0.2) is 6.29 Å². The molecule has 0 unspecified atom stereocenters. The van der Waals surface area contributed by atoms with Gasteiger partial charge in [-0.2, -0.15) is 0 Å². The van der Waals surface area contributed by atoms with Crippen LogP contribution in [0.4, 0.5) is 4.79 Å². The van der Waals surface area contributed by atoms with Gasteiger partial charge in [-0.1, -0.05) is 26.8 Å². The van der Waals surface area contributed by atoms with Crippen LogP contribution in [0.1, 0.15) is 32.8 Å². The van der Waals surface area contributed by atoms with E-state index in [0.29, 0.717) is 26.1 Å². The Morgan fingerprint density at radius 1 is 1.20 bits per heavy atom. The Kier molecular flexibility index (Phi) is 9.24. The van der Waals surface area contributed by atoms with Crippen molar-refractivity contribution in [1.29, 1.82) is 0 Å². The number of nitrogens with one attached hydrogen (secondary N) is 2. The molecule has 0 aliphatic rings. The number of amides is 2. The van der Waals surface area contributed by atoms with Gasteiger partial charge in [0.1, 0.15) is 5.75 Å². The Hall–Kier alpha value is -1.31. The quantitative estimate of drug-likeness (QED) is 0.477. The number of hydrogen-bond acceptors (Lipinski definition) is 4. The van der Waals surface area contributed by atoms with E-state index in [0.717, 1.165) is 10.2 Å². The van der Waals surface area contributed by atoms with E-state index < -0.39 is 6.29 Å². The van der Waals surface area contributed by atoms with Crippen LogP contribution in [-0.2, 0) is 14.9 Å². The highest BCUT2D eigenvalue weighted by atomic mass is 79.9. The first-order valence-electron chi connectivity index (χ1n) is 8.28. The summed E-state index contributed by atoms with van der Waals surface area (Å²) < 4.78 is 16.7. The van der Waals surface area contributed by atoms with Gasteiger partial charge in [0, 0.05) is 20.8 Å². The van der Waals surface area contributed by atoms with Crippen LogP contribution < -0.4 is 15.4 Å². The molecule has 1 rings (SSSR count). The minimum absolute atomic E-state index is 0.100. The summed E-state index contributed by atoms with van der Waals surface area (Å²) in [5.41, 5.74) is 1.35. The summed E-state index contributed by atoms with van der Waals surface area (Å²) in [5, 5.41) is 5.44. The molecule has 1 aromatic rings. The van der Waals surface area contributed by atoms with Crippen molar-refractivity contribution < 1.29 is 19.0 Å². The fourth-order valence-electron chi connectivity index (χ4n) is 2.04. The Labute approximate surface area is 158 Å². The molecule has 2 N–H and O–H groups in total. The number of hydrogen-bond donors (Lipinski definition) is 2. The molecule has 0 radical (unpaired) electrons. The van der Waals surface area contributed by atoms with Crippen molar-refractivity contribution in [2.45, 2.75) is 38.9 Å². The molecule has 6 nitrogen and oxygen atoms in total. The average molecular weight is 417 g/mol. The molecule has 0 aliphatic heterocycles. The maximum Gasteiger partial charge on any atom is 0.314 e. The lowest BCUT2D eigenvalue weighted by Crippen LogP contribution is -2.41. The lowest BCUT2D eigenvalue weighted by molar-refractivity contribution is -0.0971. The molecule has 25 heavy (non-hydrogen) atoms. The van der Waals surface area contributed by atoms with Gasteiger partial charge in [-0.05, 0) is 45.5 Å². The van der Waals surface area contributed by atoms with Gasteiger partial charge < -0.3 is 24.8 Å². The highest BCUT2D eigenvalue weighted by Gasteiger charge is 2.15. The van der Waals surface area contributed by atoms with Gasteiger partial charge >= 0.3 is 6.03 Å². The topological polar surface area (TPSA) is 68.8 Å². The standard InChI is InChI=1S/C18H29BrN2O4/c1-18(2,3)13-7-8-15(14(19)11-13)25-10-6-9-20-17(22)21-12-16(23-4)24-5/h7-8,11,16H,6,9-10,12H2,1-5H3,(H2,20,21,22). The molecule has 0 heterocycles. The highest BCUT2D eigenvalue weighted by molar-refractivity contribution is 9.10. The van der Waals surface area contributed by atoms with Crippen molar-refractivity contribution in [3.63, 3.8) is 0 Å².